The number of nitrogens with one attached hydrogen (secondary N) is 1. The minimum Gasteiger partial charge on any atom is -0.365 e. The van der Waals surface area contributed by atoms with Gasteiger partial charge in [0.2, 0.25) is 5.91 Å². The molecule has 2 aliphatic heterocycles. The molecule has 4 heteroatoms. The number of amides is 1. The fourth-order valence-electron chi connectivity index (χ4n) is 4.69. The van der Waals surface area contributed by atoms with Crippen LogP contribution in [0.2, 0.25) is 0 Å². The zero-order valence-electron chi connectivity index (χ0n) is 17.7. The molecule has 1 amide bonds. The van der Waals surface area contributed by atoms with E-state index in [1.807, 2.05) is 0 Å². The largest absolute Gasteiger partial charge is 0.365 e. The number of hydrogen-bond acceptors (Lipinski definition) is 3. The zero-order valence-corrected chi connectivity index (χ0v) is 17.7. The molecular weight excluding hydrogens is 358 g/mol. The molecule has 0 radical (unpaired) electrons. The lowest BCUT2D eigenvalue weighted by Gasteiger charge is -2.49. The highest BCUT2D eigenvalue weighted by Gasteiger charge is 2.41. The van der Waals surface area contributed by atoms with Gasteiger partial charge in [-0.25, -0.2) is 0 Å². The molecule has 0 unspecified atom stereocenters. The van der Waals surface area contributed by atoms with Crippen LogP contribution >= 0.6 is 0 Å². The van der Waals surface area contributed by atoms with Crippen LogP contribution in [-0.4, -0.2) is 49.6 Å². The molecule has 0 spiro atoms. The van der Waals surface area contributed by atoms with Crippen molar-refractivity contribution in [2.24, 2.45) is 11.8 Å². The van der Waals surface area contributed by atoms with Crippen LogP contribution in [0.15, 0.2) is 54.6 Å². The average molecular weight is 392 g/mol. The fraction of sp³-hybridized carbons (Fsp3) is 0.480. The first kappa shape index (κ1) is 20.0. The summed E-state index contributed by atoms with van der Waals surface area (Å²) in [4.78, 5) is 18.1. The highest BCUT2D eigenvalue weighted by Crippen LogP contribution is 2.36. The molecule has 2 atom stereocenters. The van der Waals surface area contributed by atoms with Gasteiger partial charge in [-0.15, -0.1) is 0 Å². The average Bonchev–Trinajstić information content (AvgIpc) is 2.76. The van der Waals surface area contributed by atoms with Crippen molar-refractivity contribution in [3.63, 3.8) is 0 Å². The molecule has 0 aromatic heterocycles. The molecule has 0 saturated carbocycles. The van der Waals surface area contributed by atoms with Crippen molar-refractivity contribution in [2.75, 3.05) is 37.6 Å². The van der Waals surface area contributed by atoms with Gasteiger partial charge in [-0.2, -0.15) is 0 Å². The van der Waals surface area contributed by atoms with E-state index in [-0.39, 0.29) is 17.9 Å². The van der Waals surface area contributed by atoms with Crippen molar-refractivity contribution in [1.29, 1.82) is 0 Å². The Hall–Kier alpha value is -2.33. The Morgan fingerprint density at radius 1 is 1.07 bits per heavy atom. The van der Waals surface area contributed by atoms with Gasteiger partial charge in [-0.1, -0.05) is 62.4 Å². The Kier molecular flexibility index (Phi) is 6.19. The predicted molar refractivity (Wildman–Crippen MR) is 119 cm³/mol. The fourth-order valence-corrected chi connectivity index (χ4v) is 4.69. The highest BCUT2D eigenvalue weighted by molar-refractivity contribution is 5.82. The topological polar surface area (TPSA) is 35.6 Å². The van der Waals surface area contributed by atoms with Crippen LogP contribution in [-0.2, 0) is 17.6 Å². The Morgan fingerprint density at radius 3 is 2.62 bits per heavy atom. The van der Waals surface area contributed by atoms with Gasteiger partial charge >= 0.3 is 0 Å². The van der Waals surface area contributed by atoms with Crippen LogP contribution in [0, 0.1) is 11.8 Å². The Bertz CT molecular complexity index is 820. The summed E-state index contributed by atoms with van der Waals surface area (Å²) in [5.41, 5.74) is 4.02. The maximum atomic E-state index is 13.1. The molecule has 4 rings (SSSR count). The highest BCUT2D eigenvalue weighted by atomic mass is 16.1. The van der Waals surface area contributed by atoms with E-state index in [0.29, 0.717) is 5.92 Å². The van der Waals surface area contributed by atoms with Crippen molar-refractivity contribution < 1.29 is 4.79 Å². The predicted octanol–water partition coefficient (Wildman–Crippen LogP) is 3.36. The van der Waals surface area contributed by atoms with Crippen molar-refractivity contribution in [3.05, 3.63) is 65.7 Å². The van der Waals surface area contributed by atoms with Gasteiger partial charge in [-0.3, -0.25) is 9.69 Å². The normalized spacial score (nSPS) is 21.6. The summed E-state index contributed by atoms with van der Waals surface area (Å²) < 4.78 is 0. The zero-order chi connectivity index (χ0) is 20.2. The lowest BCUT2D eigenvalue weighted by Crippen LogP contribution is -2.61. The number of carbonyl (C=O) groups excluding carboxylic acids is 1. The molecular formula is C25H33N3O. The van der Waals surface area contributed by atoms with Crippen LogP contribution in [0.4, 0.5) is 5.69 Å². The van der Waals surface area contributed by atoms with Crippen molar-refractivity contribution in [3.8, 4) is 0 Å². The minimum atomic E-state index is 0.0168. The summed E-state index contributed by atoms with van der Waals surface area (Å²) in [6.07, 6.45) is 1.90. The van der Waals surface area contributed by atoms with E-state index in [1.54, 1.807) is 0 Å². The summed E-state index contributed by atoms with van der Waals surface area (Å²) in [6, 6.07) is 19.6. The van der Waals surface area contributed by atoms with Gasteiger partial charge in [0.25, 0.3) is 0 Å². The van der Waals surface area contributed by atoms with Crippen LogP contribution in [0.25, 0.3) is 0 Å². The molecule has 2 heterocycles. The smallest absolute Gasteiger partial charge is 0.225 e. The third-order valence-electron chi connectivity index (χ3n) is 6.29. The quantitative estimate of drug-likeness (QED) is 0.820. The number of fused-ring (bicyclic) bond motifs is 3. The van der Waals surface area contributed by atoms with E-state index >= 15 is 0 Å². The number of benzene rings is 2. The molecule has 2 aliphatic rings. The van der Waals surface area contributed by atoms with E-state index in [2.05, 4.69) is 83.6 Å². The molecule has 154 valence electrons. The second-order valence-corrected chi connectivity index (χ2v) is 8.88. The molecule has 0 bridgehead atoms. The number of hydrogen-bond donors (Lipinski definition) is 1. The minimum absolute atomic E-state index is 0.0168. The third kappa shape index (κ3) is 4.64. The summed E-state index contributed by atoms with van der Waals surface area (Å²) >= 11 is 0. The van der Waals surface area contributed by atoms with Crippen LogP contribution in [0.3, 0.4) is 0 Å². The molecule has 29 heavy (non-hydrogen) atoms. The van der Waals surface area contributed by atoms with Gasteiger partial charge < -0.3 is 10.2 Å². The van der Waals surface area contributed by atoms with Crippen LogP contribution in [0.1, 0.15) is 25.0 Å². The maximum absolute atomic E-state index is 13.1. The van der Waals surface area contributed by atoms with E-state index in [9.17, 15) is 4.79 Å². The second kappa shape index (κ2) is 9.00. The number of carbonyl (C=O) groups is 1. The molecule has 2 aromatic rings. The Morgan fingerprint density at radius 2 is 1.83 bits per heavy atom. The first-order valence-electron chi connectivity index (χ1n) is 11.0. The molecule has 1 saturated heterocycles. The first-order chi connectivity index (χ1) is 14.1. The van der Waals surface area contributed by atoms with E-state index in [0.717, 1.165) is 45.6 Å². The number of anilines is 1. The maximum Gasteiger partial charge on any atom is 0.225 e. The van der Waals surface area contributed by atoms with Gasteiger partial charge in [0.15, 0.2) is 0 Å². The summed E-state index contributed by atoms with van der Waals surface area (Å²) in [6.45, 7) is 9.10. The first-order valence-corrected chi connectivity index (χ1v) is 11.0. The number of nitrogens with zero attached hydrogens (tertiary/aromatic N) is 2. The number of rotatable bonds is 6. The number of piperazine rings is 1. The molecule has 1 fully saturated rings. The molecule has 1 N–H and O–H groups in total. The van der Waals surface area contributed by atoms with Gasteiger partial charge in [-0.05, 0) is 36.0 Å². The van der Waals surface area contributed by atoms with Gasteiger partial charge in [0.1, 0.15) is 0 Å². The van der Waals surface area contributed by atoms with Crippen LogP contribution in [0.5, 0.6) is 0 Å². The van der Waals surface area contributed by atoms with Crippen molar-refractivity contribution >= 4 is 11.6 Å². The van der Waals surface area contributed by atoms with E-state index in [4.69, 9.17) is 0 Å². The summed E-state index contributed by atoms with van der Waals surface area (Å²) in [5, 5.41) is 3.20. The monoisotopic (exact) mass is 391 g/mol. The van der Waals surface area contributed by atoms with Crippen molar-refractivity contribution in [1.82, 2.24) is 10.2 Å². The summed E-state index contributed by atoms with van der Waals surface area (Å²) in [5.74, 6) is 0.705. The number of para-hydroxylation sites is 1. The van der Waals surface area contributed by atoms with E-state index < -0.39 is 0 Å². The third-order valence-corrected chi connectivity index (χ3v) is 6.29. The second-order valence-electron chi connectivity index (χ2n) is 8.88. The van der Waals surface area contributed by atoms with Crippen molar-refractivity contribution in [2.45, 2.75) is 32.7 Å². The Labute approximate surface area is 174 Å². The lowest BCUT2D eigenvalue weighted by molar-refractivity contribution is -0.126. The Balaban J connectivity index is 1.49. The molecule has 4 nitrogen and oxygen atoms in total. The van der Waals surface area contributed by atoms with Gasteiger partial charge in [0, 0.05) is 38.4 Å². The molecule has 0 aliphatic carbocycles. The van der Waals surface area contributed by atoms with Gasteiger partial charge in [0.05, 0.1) is 12.0 Å². The standard InChI is InChI=1S/C25H33N3O/c1-19(2)17-26-25(29)22-16-21-10-6-7-11-23(21)28-15-14-27(18-24(22)28)13-12-20-8-4-3-5-9-20/h3-11,19,22,24H,12-18H2,1-2H3,(H,26,29)/t22-,24+/m1/s1. The summed E-state index contributed by atoms with van der Waals surface area (Å²) in [7, 11) is 0. The lowest BCUT2D eigenvalue weighted by atomic mass is 9.83. The van der Waals surface area contributed by atoms with Crippen LogP contribution < -0.4 is 10.2 Å². The SMILES string of the molecule is CC(C)CNC(=O)[C@@H]1Cc2ccccc2N2CCN(CCc3ccccc3)C[C@@H]12. The molecule has 2 aromatic carbocycles. The van der Waals surface area contributed by atoms with E-state index in [1.165, 1.54) is 16.8 Å².